The minimum absolute atomic E-state index is 0.0245. The van der Waals surface area contributed by atoms with Gasteiger partial charge < -0.3 is 14.7 Å². The Morgan fingerprint density at radius 3 is 2.25 bits per heavy atom. The summed E-state index contributed by atoms with van der Waals surface area (Å²) in [6.45, 7) is 5.54. The van der Waals surface area contributed by atoms with Gasteiger partial charge in [0.05, 0.1) is 5.56 Å². The first-order valence-corrected chi connectivity index (χ1v) is 13.2. The summed E-state index contributed by atoms with van der Waals surface area (Å²) in [7, 11) is 0. The SMILES string of the molecule is Cc1cccc(-c2nc(N3CCCSCC3)nc(N3CCN(c4ncccc4C(F)(F)F)CC3)n2)c1. The minimum atomic E-state index is -4.45. The maximum Gasteiger partial charge on any atom is 0.419 e. The van der Waals surface area contributed by atoms with Gasteiger partial charge in [-0.1, -0.05) is 23.8 Å². The number of thioether (sulfide) groups is 1. The molecule has 190 valence electrons. The molecule has 0 atom stereocenters. The third-order valence-electron chi connectivity index (χ3n) is 6.35. The largest absolute Gasteiger partial charge is 0.419 e. The molecular formula is C25H28F3N7S. The lowest BCUT2D eigenvalue weighted by Gasteiger charge is -2.36. The molecule has 2 aliphatic rings. The third kappa shape index (κ3) is 5.50. The first-order valence-electron chi connectivity index (χ1n) is 12.1. The Morgan fingerprint density at radius 1 is 0.806 bits per heavy atom. The van der Waals surface area contributed by atoms with Crippen LogP contribution in [0.3, 0.4) is 0 Å². The zero-order chi connectivity index (χ0) is 25.1. The number of anilines is 3. The van der Waals surface area contributed by atoms with Gasteiger partial charge in [0, 0.05) is 56.8 Å². The standard InChI is InChI=1S/C25H28F3N7S/c1-18-5-2-6-19(17-18)21-30-23(34-9-4-15-36-16-14-34)32-24(31-21)35-12-10-33(11-13-35)22-20(25(26,27)28)7-3-8-29-22/h2-3,5-8,17H,4,9-16H2,1H3. The predicted octanol–water partition coefficient (Wildman–Crippen LogP) is 4.53. The van der Waals surface area contributed by atoms with E-state index in [4.69, 9.17) is 15.0 Å². The normalized spacial score (nSPS) is 17.3. The second kappa shape index (κ2) is 10.5. The molecule has 0 saturated carbocycles. The molecule has 0 bridgehead atoms. The molecule has 0 N–H and O–H groups in total. The molecular weight excluding hydrogens is 487 g/mol. The summed E-state index contributed by atoms with van der Waals surface area (Å²) in [6.07, 6.45) is -1.98. The number of benzene rings is 1. The van der Waals surface area contributed by atoms with E-state index in [1.807, 2.05) is 41.8 Å². The number of aromatic nitrogens is 4. The number of pyridine rings is 1. The summed E-state index contributed by atoms with van der Waals surface area (Å²) in [6, 6.07) is 10.5. The summed E-state index contributed by atoms with van der Waals surface area (Å²) < 4.78 is 40.6. The highest BCUT2D eigenvalue weighted by Gasteiger charge is 2.36. The Balaban J connectivity index is 1.42. The predicted molar refractivity (Wildman–Crippen MR) is 138 cm³/mol. The monoisotopic (exact) mass is 515 g/mol. The fraction of sp³-hybridized carbons (Fsp3) is 0.440. The van der Waals surface area contributed by atoms with E-state index in [1.165, 1.54) is 12.3 Å². The second-order valence-electron chi connectivity index (χ2n) is 8.93. The smallest absolute Gasteiger partial charge is 0.353 e. The van der Waals surface area contributed by atoms with Gasteiger partial charge in [0.25, 0.3) is 0 Å². The van der Waals surface area contributed by atoms with Gasteiger partial charge >= 0.3 is 6.18 Å². The molecule has 3 aromatic rings. The summed E-state index contributed by atoms with van der Waals surface area (Å²) in [5, 5.41) is 0. The van der Waals surface area contributed by atoms with Crippen LogP contribution in [0.2, 0.25) is 0 Å². The van der Waals surface area contributed by atoms with Crippen LogP contribution in [0.15, 0.2) is 42.6 Å². The quantitative estimate of drug-likeness (QED) is 0.502. The van der Waals surface area contributed by atoms with Gasteiger partial charge in [-0.3, -0.25) is 0 Å². The maximum absolute atomic E-state index is 13.5. The lowest BCUT2D eigenvalue weighted by atomic mass is 10.1. The molecule has 0 radical (unpaired) electrons. The average Bonchev–Trinajstić information content (AvgIpc) is 3.18. The lowest BCUT2D eigenvalue weighted by Crippen LogP contribution is -2.48. The highest BCUT2D eigenvalue weighted by Crippen LogP contribution is 2.35. The van der Waals surface area contributed by atoms with Crippen LogP contribution in [0.1, 0.15) is 17.5 Å². The first kappa shape index (κ1) is 24.6. The van der Waals surface area contributed by atoms with E-state index in [0.717, 1.165) is 48.2 Å². The van der Waals surface area contributed by atoms with E-state index in [-0.39, 0.29) is 5.82 Å². The minimum Gasteiger partial charge on any atom is -0.353 e. The van der Waals surface area contributed by atoms with Crippen molar-refractivity contribution in [1.82, 2.24) is 19.9 Å². The molecule has 4 heterocycles. The van der Waals surface area contributed by atoms with E-state index >= 15 is 0 Å². The van der Waals surface area contributed by atoms with Gasteiger partial charge in [-0.25, -0.2) is 4.98 Å². The van der Waals surface area contributed by atoms with E-state index in [2.05, 4.69) is 16.0 Å². The zero-order valence-electron chi connectivity index (χ0n) is 20.1. The summed E-state index contributed by atoms with van der Waals surface area (Å²) in [4.78, 5) is 24.4. The molecule has 5 rings (SSSR count). The Labute approximate surface area is 212 Å². The molecule has 0 amide bonds. The molecule has 2 fully saturated rings. The van der Waals surface area contributed by atoms with Crippen molar-refractivity contribution in [3.8, 4) is 11.4 Å². The molecule has 0 unspecified atom stereocenters. The van der Waals surface area contributed by atoms with Crippen molar-refractivity contribution in [2.24, 2.45) is 0 Å². The molecule has 2 aliphatic heterocycles. The van der Waals surface area contributed by atoms with Crippen LogP contribution in [0.25, 0.3) is 11.4 Å². The number of hydrogen-bond donors (Lipinski definition) is 0. The lowest BCUT2D eigenvalue weighted by molar-refractivity contribution is -0.137. The molecule has 7 nitrogen and oxygen atoms in total. The van der Waals surface area contributed by atoms with Crippen LogP contribution < -0.4 is 14.7 Å². The van der Waals surface area contributed by atoms with Crippen molar-refractivity contribution in [3.05, 3.63) is 53.7 Å². The molecule has 36 heavy (non-hydrogen) atoms. The molecule has 1 aromatic carbocycles. The van der Waals surface area contributed by atoms with Gasteiger partial charge in [-0.15, -0.1) is 0 Å². The second-order valence-corrected chi connectivity index (χ2v) is 10.2. The zero-order valence-corrected chi connectivity index (χ0v) is 20.9. The Hall–Kier alpha value is -3.08. The topological polar surface area (TPSA) is 61.3 Å². The van der Waals surface area contributed by atoms with Crippen LogP contribution in [0.4, 0.5) is 30.9 Å². The number of hydrogen-bond acceptors (Lipinski definition) is 8. The van der Waals surface area contributed by atoms with Crippen LogP contribution in [0, 0.1) is 6.92 Å². The van der Waals surface area contributed by atoms with Gasteiger partial charge in [-0.2, -0.15) is 39.9 Å². The van der Waals surface area contributed by atoms with Crippen molar-refractivity contribution in [1.29, 1.82) is 0 Å². The van der Waals surface area contributed by atoms with Crippen LogP contribution >= 0.6 is 11.8 Å². The molecule has 0 spiro atoms. The van der Waals surface area contributed by atoms with Gasteiger partial charge in [-0.05, 0) is 37.3 Å². The van der Waals surface area contributed by atoms with Crippen molar-refractivity contribution < 1.29 is 13.2 Å². The fourth-order valence-corrected chi connectivity index (χ4v) is 5.37. The van der Waals surface area contributed by atoms with Gasteiger partial charge in [0.2, 0.25) is 11.9 Å². The molecule has 11 heteroatoms. The van der Waals surface area contributed by atoms with Gasteiger partial charge in [0.1, 0.15) is 5.82 Å². The van der Waals surface area contributed by atoms with E-state index in [1.54, 1.807) is 4.90 Å². The molecule has 2 aromatic heterocycles. The molecule has 0 aliphatic carbocycles. The van der Waals surface area contributed by atoms with E-state index in [0.29, 0.717) is 43.9 Å². The number of rotatable bonds is 4. The van der Waals surface area contributed by atoms with E-state index in [9.17, 15) is 13.2 Å². The van der Waals surface area contributed by atoms with E-state index < -0.39 is 11.7 Å². The number of alkyl halides is 3. The van der Waals surface area contributed by atoms with Crippen molar-refractivity contribution >= 4 is 29.5 Å². The fourth-order valence-electron chi connectivity index (χ4n) is 4.48. The Kier molecular flexibility index (Phi) is 7.17. The van der Waals surface area contributed by atoms with Crippen LogP contribution in [0.5, 0.6) is 0 Å². The first-order chi connectivity index (χ1) is 17.4. The van der Waals surface area contributed by atoms with Gasteiger partial charge in [0.15, 0.2) is 5.82 Å². The number of nitrogens with zero attached hydrogens (tertiary/aromatic N) is 7. The number of halogens is 3. The van der Waals surface area contributed by atoms with Crippen LogP contribution in [-0.2, 0) is 6.18 Å². The van der Waals surface area contributed by atoms with Crippen molar-refractivity contribution in [3.63, 3.8) is 0 Å². The summed E-state index contributed by atoms with van der Waals surface area (Å²) >= 11 is 1.94. The Bertz CT molecular complexity index is 1190. The average molecular weight is 516 g/mol. The highest BCUT2D eigenvalue weighted by atomic mass is 32.2. The summed E-state index contributed by atoms with van der Waals surface area (Å²) in [5.41, 5.74) is 1.33. The number of aryl methyl sites for hydroxylation is 1. The summed E-state index contributed by atoms with van der Waals surface area (Å²) in [5.74, 6) is 3.95. The maximum atomic E-state index is 13.5. The van der Waals surface area contributed by atoms with Crippen molar-refractivity contribution in [2.45, 2.75) is 19.5 Å². The Morgan fingerprint density at radius 2 is 1.53 bits per heavy atom. The highest BCUT2D eigenvalue weighted by molar-refractivity contribution is 7.99. The van der Waals surface area contributed by atoms with Crippen LogP contribution in [-0.4, -0.2) is 70.7 Å². The number of piperazine rings is 1. The third-order valence-corrected chi connectivity index (χ3v) is 7.40. The molecule has 2 saturated heterocycles. The van der Waals surface area contributed by atoms with Crippen molar-refractivity contribution in [2.75, 3.05) is 65.5 Å².